The monoisotopic (exact) mass is 487 g/mol. The van der Waals surface area contributed by atoms with Gasteiger partial charge in [-0.2, -0.15) is 0 Å². The lowest BCUT2D eigenvalue weighted by Crippen LogP contribution is -2.37. The zero-order valence-electron chi connectivity index (χ0n) is 14.5. The summed E-state index contributed by atoms with van der Waals surface area (Å²) in [4.78, 5) is 4.44. The van der Waals surface area contributed by atoms with Crippen LogP contribution in [0.1, 0.15) is 29.7 Å². The van der Waals surface area contributed by atoms with Gasteiger partial charge in [0.2, 0.25) is 0 Å². The standard InChI is InChI=1S/C19H22ClN3O2.HI/c1-24-18(13-5-4-6-14(20)11-13)12-22-19(21)23-16-9-10-25-17-8-3-2-7-15(16)17;/h2-8,11,16,18H,9-10,12H2,1H3,(H3,21,22,23);1H. The van der Waals surface area contributed by atoms with E-state index in [1.165, 1.54) is 0 Å². The van der Waals surface area contributed by atoms with Crippen LogP contribution in [0.5, 0.6) is 5.75 Å². The summed E-state index contributed by atoms with van der Waals surface area (Å²) in [6.45, 7) is 1.08. The second-order valence-electron chi connectivity index (χ2n) is 5.88. The molecular formula is C19H23ClIN3O2. The van der Waals surface area contributed by atoms with Crippen molar-refractivity contribution < 1.29 is 9.47 Å². The third-order valence-corrected chi connectivity index (χ3v) is 4.45. The number of hydrogen-bond donors (Lipinski definition) is 2. The van der Waals surface area contributed by atoms with E-state index in [2.05, 4.69) is 10.3 Å². The van der Waals surface area contributed by atoms with Gasteiger partial charge in [0, 0.05) is 24.1 Å². The first-order valence-corrected chi connectivity index (χ1v) is 8.61. The lowest BCUT2D eigenvalue weighted by Gasteiger charge is -2.27. The number of benzene rings is 2. The highest BCUT2D eigenvalue weighted by atomic mass is 127. The van der Waals surface area contributed by atoms with E-state index < -0.39 is 0 Å². The Hall–Kier alpha value is -1.51. The highest BCUT2D eigenvalue weighted by Crippen LogP contribution is 2.31. The van der Waals surface area contributed by atoms with Gasteiger partial charge >= 0.3 is 0 Å². The zero-order chi connectivity index (χ0) is 17.6. The first-order chi connectivity index (χ1) is 12.2. The normalized spacial score (nSPS) is 17.5. The second-order valence-corrected chi connectivity index (χ2v) is 6.31. The Kier molecular flexibility index (Phi) is 7.99. The van der Waals surface area contributed by atoms with Crippen molar-refractivity contribution >= 4 is 41.5 Å². The topological polar surface area (TPSA) is 68.9 Å². The number of halogens is 2. The highest BCUT2D eigenvalue weighted by molar-refractivity contribution is 14.0. The number of rotatable bonds is 5. The zero-order valence-corrected chi connectivity index (χ0v) is 17.6. The van der Waals surface area contributed by atoms with E-state index in [0.29, 0.717) is 24.1 Å². The van der Waals surface area contributed by atoms with Gasteiger partial charge in [-0.15, -0.1) is 24.0 Å². The summed E-state index contributed by atoms with van der Waals surface area (Å²) in [5.41, 5.74) is 8.17. The molecule has 1 aliphatic heterocycles. The Bertz CT molecular complexity index is 757. The molecule has 26 heavy (non-hydrogen) atoms. The summed E-state index contributed by atoms with van der Waals surface area (Å²) in [5.74, 6) is 1.29. The Morgan fingerprint density at radius 3 is 2.92 bits per heavy atom. The highest BCUT2D eigenvalue weighted by Gasteiger charge is 2.21. The summed E-state index contributed by atoms with van der Waals surface area (Å²) in [6.07, 6.45) is 0.649. The lowest BCUT2D eigenvalue weighted by atomic mass is 10.0. The van der Waals surface area contributed by atoms with Gasteiger partial charge in [-0.05, 0) is 23.8 Å². The van der Waals surface area contributed by atoms with Crippen molar-refractivity contribution in [1.82, 2.24) is 5.32 Å². The third-order valence-electron chi connectivity index (χ3n) is 4.21. The van der Waals surface area contributed by atoms with Crippen LogP contribution in [-0.2, 0) is 4.74 Å². The van der Waals surface area contributed by atoms with E-state index in [4.69, 9.17) is 26.8 Å². The van der Waals surface area contributed by atoms with E-state index in [0.717, 1.165) is 23.3 Å². The molecule has 0 spiro atoms. The van der Waals surface area contributed by atoms with Crippen molar-refractivity contribution in [1.29, 1.82) is 0 Å². The molecule has 0 aromatic heterocycles. The number of guanidine groups is 1. The molecule has 0 fully saturated rings. The number of hydrogen-bond acceptors (Lipinski definition) is 3. The predicted octanol–water partition coefficient (Wildman–Crippen LogP) is 4.07. The van der Waals surface area contributed by atoms with E-state index in [9.17, 15) is 0 Å². The molecule has 5 nitrogen and oxygen atoms in total. The smallest absolute Gasteiger partial charge is 0.189 e. The summed E-state index contributed by atoms with van der Waals surface area (Å²) in [6, 6.07) is 15.6. The number of ether oxygens (including phenoxy) is 2. The van der Waals surface area contributed by atoms with Crippen molar-refractivity contribution in [2.75, 3.05) is 20.3 Å². The molecule has 7 heteroatoms. The fourth-order valence-electron chi connectivity index (χ4n) is 2.92. The van der Waals surface area contributed by atoms with Crippen LogP contribution in [0.15, 0.2) is 53.5 Å². The number of methoxy groups -OCH3 is 1. The largest absolute Gasteiger partial charge is 0.493 e. The number of para-hydroxylation sites is 1. The molecule has 2 aromatic carbocycles. The van der Waals surface area contributed by atoms with Gasteiger partial charge in [-0.1, -0.05) is 41.9 Å². The van der Waals surface area contributed by atoms with Gasteiger partial charge in [0.05, 0.1) is 19.2 Å². The van der Waals surface area contributed by atoms with Crippen LogP contribution in [0.25, 0.3) is 0 Å². The first-order valence-electron chi connectivity index (χ1n) is 8.24. The third kappa shape index (κ3) is 5.25. The maximum atomic E-state index is 6.09. The average molecular weight is 488 g/mol. The molecule has 0 saturated carbocycles. The van der Waals surface area contributed by atoms with Crippen molar-refractivity contribution in [3.8, 4) is 5.75 Å². The first kappa shape index (κ1) is 20.8. The van der Waals surface area contributed by atoms with Crippen LogP contribution < -0.4 is 15.8 Å². The molecule has 0 radical (unpaired) electrons. The minimum atomic E-state index is -0.193. The molecule has 0 bridgehead atoms. The van der Waals surface area contributed by atoms with E-state index in [1.54, 1.807) is 7.11 Å². The van der Waals surface area contributed by atoms with Gasteiger partial charge in [-0.3, -0.25) is 4.99 Å². The summed E-state index contributed by atoms with van der Waals surface area (Å²) in [7, 11) is 1.65. The van der Waals surface area contributed by atoms with E-state index in [1.807, 2.05) is 48.5 Å². The Morgan fingerprint density at radius 1 is 1.35 bits per heavy atom. The fraction of sp³-hybridized carbons (Fsp3) is 0.316. The lowest BCUT2D eigenvalue weighted by molar-refractivity contribution is 0.111. The minimum absolute atomic E-state index is 0. The van der Waals surface area contributed by atoms with Gasteiger partial charge in [-0.25, -0.2) is 0 Å². The molecule has 0 amide bonds. The number of fused-ring (bicyclic) bond motifs is 1. The fourth-order valence-corrected chi connectivity index (χ4v) is 3.12. The maximum absolute atomic E-state index is 6.09. The van der Waals surface area contributed by atoms with Crippen LogP contribution in [0.3, 0.4) is 0 Å². The number of nitrogens with two attached hydrogens (primary N) is 1. The molecule has 2 atom stereocenters. The van der Waals surface area contributed by atoms with Crippen molar-refractivity contribution in [2.45, 2.75) is 18.6 Å². The van der Waals surface area contributed by atoms with Crippen LogP contribution in [0, 0.1) is 0 Å². The number of aliphatic imine (C=N–C) groups is 1. The number of nitrogens with one attached hydrogen (secondary N) is 1. The molecule has 0 saturated heterocycles. The molecule has 1 heterocycles. The van der Waals surface area contributed by atoms with Crippen LogP contribution in [0.2, 0.25) is 5.02 Å². The maximum Gasteiger partial charge on any atom is 0.189 e. The molecule has 3 N–H and O–H groups in total. The molecular weight excluding hydrogens is 465 g/mol. The molecule has 140 valence electrons. The van der Waals surface area contributed by atoms with Gasteiger partial charge in [0.25, 0.3) is 0 Å². The molecule has 2 unspecified atom stereocenters. The summed E-state index contributed by atoms with van der Waals surface area (Å²) in [5, 5.41) is 3.96. The van der Waals surface area contributed by atoms with Crippen molar-refractivity contribution in [3.05, 3.63) is 64.7 Å². The van der Waals surface area contributed by atoms with Gasteiger partial charge < -0.3 is 20.5 Å². The Morgan fingerprint density at radius 2 is 2.15 bits per heavy atom. The predicted molar refractivity (Wildman–Crippen MR) is 116 cm³/mol. The average Bonchev–Trinajstić information content (AvgIpc) is 2.63. The molecule has 0 aliphatic carbocycles. The van der Waals surface area contributed by atoms with Gasteiger partial charge in [0.15, 0.2) is 5.96 Å². The van der Waals surface area contributed by atoms with Crippen LogP contribution in [0.4, 0.5) is 0 Å². The molecule has 2 aromatic rings. The van der Waals surface area contributed by atoms with Crippen molar-refractivity contribution in [2.24, 2.45) is 10.7 Å². The SMILES string of the molecule is COC(CN=C(N)NC1CCOc2ccccc21)c1cccc(Cl)c1.I. The van der Waals surface area contributed by atoms with Gasteiger partial charge in [0.1, 0.15) is 11.9 Å². The Labute approximate surface area is 175 Å². The minimum Gasteiger partial charge on any atom is -0.493 e. The summed E-state index contributed by atoms with van der Waals surface area (Å²) >= 11 is 6.05. The quantitative estimate of drug-likeness (QED) is 0.379. The summed E-state index contributed by atoms with van der Waals surface area (Å²) < 4.78 is 11.2. The van der Waals surface area contributed by atoms with E-state index >= 15 is 0 Å². The van der Waals surface area contributed by atoms with Crippen molar-refractivity contribution in [3.63, 3.8) is 0 Å². The Balaban J connectivity index is 0.00000243. The van der Waals surface area contributed by atoms with Crippen LogP contribution in [-0.4, -0.2) is 26.2 Å². The second kappa shape index (κ2) is 9.99. The van der Waals surface area contributed by atoms with Crippen LogP contribution >= 0.6 is 35.6 Å². The molecule has 3 rings (SSSR count). The number of nitrogens with zero attached hydrogens (tertiary/aromatic N) is 1. The molecule has 1 aliphatic rings. The van der Waals surface area contributed by atoms with E-state index in [-0.39, 0.29) is 36.1 Å².